The smallest absolute Gasteiger partial charge is 0.264 e. The van der Waals surface area contributed by atoms with Gasteiger partial charge in [-0.2, -0.15) is 0 Å². The number of hydrogen-bond acceptors (Lipinski definition) is 8. The number of hydrogen-bond donors (Lipinski definition) is 1. The van der Waals surface area contributed by atoms with Crippen molar-refractivity contribution in [2.45, 2.75) is 11.4 Å². The zero-order valence-corrected chi connectivity index (χ0v) is 20.8. The highest BCUT2D eigenvalue weighted by atomic mass is 32.2. The number of pyridine rings is 1. The number of anilines is 1. The minimum atomic E-state index is -4.41. The van der Waals surface area contributed by atoms with Crippen molar-refractivity contribution in [3.05, 3.63) is 72.3 Å². The molecule has 5 rings (SSSR count). The Morgan fingerprint density at radius 1 is 1.00 bits per heavy atom. The molecule has 0 aliphatic rings. The minimum absolute atomic E-state index is 0.0160. The predicted octanol–water partition coefficient (Wildman–Crippen LogP) is 3.49. The first-order valence-electron chi connectivity index (χ1n) is 11.0. The Hall–Kier alpha value is -4.23. The van der Waals surface area contributed by atoms with Crippen LogP contribution < -0.4 is 9.46 Å². The van der Waals surface area contributed by atoms with Gasteiger partial charge in [0.05, 0.1) is 30.9 Å². The van der Waals surface area contributed by atoms with Gasteiger partial charge in [-0.05, 0) is 50.0 Å². The number of benzene rings is 2. The molecule has 0 aliphatic carbocycles. The van der Waals surface area contributed by atoms with Crippen LogP contribution in [0.5, 0.6) is 5.88 Å². The molecule has 3 aromatic heterocycles. The fraction of sp³-hybridized carbons (Fsp3) is 0.167. The molecular weight excluding hydrogens is 504 g/mol. The Balaban J connectivity index is 1.60. The van der Waals surface area contributed by atoms with E-state index >= 15 is 0 Å². The highest BCUT2D eigenvalue weighted by molar-refractivity contribution is 7.92. The third-order valence-electron chi connectivity index (χ3n) is 5.55. The molecule has 0 radical (unpaired) electrons. The maximum atomic E-state index is 14.2. The SMILES string of the molecule is COc1ncc(-c2ccc3ncc4nnc(CN(C)C)n4c3c2)cc1NS(=O)(=O)c1ccc(F)cc1F. The van der Waals surface area contributed by atoms with Gasteiger partial charge in [0.25, 0.3) is 10.0 Å². The second kappa shape index (κ2) is 9.33. The number of ether oxygens (including phenoxy) is 1. The van der Waals surface area contributed by atoms with Gasteiger partial charge in [-0.25, -0.2) is 22.2 Å². The summed E-state index contributed by atoms with van der Waals surface area (Å²) in [6, 6.07) is 9.25. The topological polar surface area (TPSA) is 115 Å². The number of fused-ring (bicyclic) bond motifs is 3. The number of nitrogens with zero attached hydrogens (tertiary/aromatic N) is 6. The fourth-order valence-corrected chi connectivity index (χ4v) is 5.03. The molecule has 0 fully saturated rings. The van der Waals surface area contributed by atoms with Gasteiger partial charge in [0.2, 0.25) is 5.88 Å². The molecule has 5 aromatic rings. The number of sulfonamides is 1. The molecule has 10 nitrogen and oxygen atoms in total. The van der Waals surface area contributed by atoms with Crippen molar-refractivity contribution in [1.29, 1.82) is 0 Å². The van der Waals surface area contributed by atoms with Gasteiger partial charge in [0.1, 0.15) is 22.2 Å². The quantitative estimate of drug-likeness (QED) is 0.344. The van der Waals surface area contributed by atoms with Crippen molar-refractivity contribution in [3.8, 4) is 17.0 Å². The van der Waals surface area contributed by atoms with E-state index in [0.29, 0.717) is 34.9 Å². The summed E-state index contributed by atoms with van der Waals surface area (Å²) < 4.78 is 62.7. The molecule has 0 aliphatic heterocycles. The highest BCUT2D eigenvalue weighted by Gasteiger charge is 2.22. The normalized spacial score (nSPS) is 11.9. The van der Waals surface area contributed by atoms with Crippen molar-refractivity contribution in [1.82, 2.24) is 29.5 Å². The van der Waals surface area contributed by atoms with Gasteiger partial charge in [-0.1, -0.05) is 6.07 Å². The molecule has 190 valence electrons. The van der Waals surface area contributed by atoms with Crippen molar-refractivity contribution in [3.63, 3.8) is 0 Å². The van der Waals surface area contributed by atoms with Crippen LogP contribution in [0.1, 0.15) is 5.82 Å². The lowest BCUT2D eigenvalue weighted by molar-refractivity contribution is 0.389. The molecule has 0 spiro atoms. The van der Waals surface area contributed by atoms with E-state index in [-0.39, 0.29) is 11.6 Å². The van der Waals surface area contributed by atoms with Gasteiger partial charge >= 0.3 is 0 Å². The summed E-state index contributed by atoms with van der Waals surface area (Å²) >= 11 is 0. The number of methoxy groups -OCH3 is 1. The van der Waals surface area contributed by atoms with Crippen LogP contribution in [0.15, 0.2) is 59.8 Å². The molecule has 0 saturated heterocycles. The Morgan fingerprint density at radius 3 is 2.54 bits per heavy atom. The van der Waals surface area contributed by atoms with Crippen LogP contribution >= 0.6 is 0 Å². The minimum Gasteiger partial charge on any atom is -0.480 e. The number of halogens is 2. The second-order valence-electron chi connectivity index (χ2n) is 8.47. The lowest BCUT2D eigenvalue weighted by Crippen LogP contribution is -2.15. The van der Waals surface area contributed by atoms with Crippen molar-refractivity contribution in [2.75, 3.05) is 25.9 Å². The Morgan fingerprint density at radius 2 is 1.81 bits per heavy atom. The fourth-order valence-electron chi connectivity index (χ4n) is 3.92. The standard InChI is InChI=1S/C24H21F2N7O3S/c1-32(2)13-23-30-29-22-12-27-18-6-4-14(9-20(18)33(22)23)15-8-19(24(36-3)28-11-15)31-37(34,35)21-7-5-16(25)10-17(21)26/h4-12,31H,13H2,1-3H3. The van der Waals surface area contributed by atoms with Crippen molar-refractivity contribution < 1.29 is 21.9 Å². The van der Waals surface area contributed by atoms with Crippen LogP contribution in [0.4, 0.5) is 14.5 Å². The molecule has 0 atom stereocenters. The molecule has 0 bridgehead atoms. The lowest BCUT2D eigenvalue weighted by Gasteiger charge is -2.14. The van der Waals surface area contributed by atoms with Gasteiger partial charge < -0.3 is 9.64 Å². The third kappa shape index (κ3) is 4.66. The molecule has 13 heteroatoms. The average Bonchev–Trinajstić information content (AvgIpc) is 3.25. The summed E-state index contributed by atoms with van der Waals surface area (Å²) in [6.45, 7) is 0.556. The lowest BCUT2D eigenvalue weighted by atomic mass is 10.1. The van der Waals surface area contributed by atoms with Crippen LogP contribution in [-0.4, -0.2) is 59.1 Å². The summed E-state index contributed by atoms with van der Waals surface area (Å²) in [5, 5.41) is 8.48. The van der Waals surface area contributed by atoms with E-state index in [4.69, 9.17) is 4.74 Å². The van der Waals surface area contributed by atoms with Gasteiger partial charge in [0, 0.05) is 17.8 Å². The largest absolute Gasteiger partial charge is 0.480 e. The monoisotopic (exact) mass is 525 g/mol. The number of aromatic nitrogens is 5. The first-order chi connectivity index (χ1) is 17.7. The molecule has 0 amide bonds. The van der Waals surface area contributed by atoms with E-state index in [9.17, 15) is 17.2 Å². The van der Waals surface area contributed by atoms with E-state index in [1.165, 1.54) is 19.4 Å². The maximum absolute atomic E-state index is 14.2. The number of rotatable bonds is 7. The first kappa shape index (κ1) is 24.5. The van der Waals surface area contributed by atoms with Gasteiger partial charge in [-0.15, -0.1) is 10.2 Å². The van der Waals surface area contributed by atoms with Crippen LogP contribution in [0, 0.1) is 11.6 Å². The Kier molecular flexibility index (Phi) is 6.17. The van der Waals surface area contributed by atoms with E-state index in [1.807, 2.05) is 41.6 Å². The predicted molar refractivity (Wildman–Crippen MR) is 133 cm³/mol. The summed E-state index contributed by atoms with van der Waals surface area (Å²) in [7, 11) is 0.776. The van der Waals surface area contributed by atoms with Crippen LogP contribution in [0.2, 0.25) is 0 Å². The summed E-state index contributed by atoms with van der Waals surface area (Å²) in [5.74, 6) is -1.40. The Labute approximate surface area is 210 Å². The summed E-state index contributed by atoms with van der Waals surface area (Å²) in [6.07, 6.45) is 3.17. The van der Waals surface area contributed by atoms with Crippen LogP contribution in [0.25, 0.3) is 27.8 Å². The maximum Gasteiger partial charge on any atom is 0.264 e. The highest BCUT2D eigenvalue weighted by Crippen LogP contribution is 2.32. The third-order valence-corrected chi connectivity index (χ3v) is 6.95. The Bertz CT molecular complexity index is 1760. The molecular formula is C24H21F2N7O3S. The number of nitrogens with one attached hydrogen (secondary N) is 1. The van der Waals surface area contributed by atoms with E-state index < -0.39 is 26.6 Å². The first-order valence-corrected chi connectivity index (χ1v) is 12.4. The molecule has 37 heavy (non-hydrogen) atoms. The van der Waals surface area contributed by atoms with Crippen LogP contribution in [-0.2, 0) is 16.6 Å². The molecule has 1 N–H and O–H groups in total. The zero-order valence-electron chi connectivity index (χ0n) is 20.0. The van der Waals surface area contributed by atoms with Gasteiger partial charge in [-0.3, -0.25) is 14.1 Å². The van der Waals surface area contributed by atoms with Gasteiger partial charge in [0.15, 0.2) is 11.5 Å². The van der Waals surface area contributed by atoms with Crippen molar-refractivity contribution >= 4 is 32.4 Å². The molecule has 0 unspecified atom stereocenters. The summed E-state index contributed by atoms with van der Waals surface area (Å²) in [4.78, 5) is 9.94. The summed E-state index contributed by atoms with van der Waals surface area (Å²) in [5.41, 5.74) is 3.30. The van der Waals surface area contributed by atoms with E-state index in [0.717, 1.165) is 23.5 Å². The van der Waals surface area contributed by atoms with E-state index in [1.54, 1.807) is 6.20 Å². The molecule has 3 heterocycles. The van der Waals surface area contributed by atoms with Crippen molar-refractivity contribution in [2.24, 2.45) is 0 Å². The van der Waals surface area contributed by atoms with Crippen LogP contribution in [0.3, 0.4) is 0 Å². The average molecular weight is 526 g/mol. The second-order valence-corrected chi connectivity index (χ2v) is 10.1. The zero-order chi connectivity index (χ0) is 26.3. The molecule has 0 saturated carbocycles. The molecule has 2 aromatic carbocycles. The van der Waals surface area contributed by atoms with E-state index in [2.05, 4.69) is 24.9 Å².